The second kappa shape index (κ2) is 8.04. The Kier molecular flexibility index (Phi) is 6.06. The molecular weight excluding hydrogens is 324 g/mol. The van der Waals surface area contributed by atoms with Crippen molar-refractivity contribution >= 4 is 24.1 Å². The molecule has 2 rings (SSSR count). The van der Waals surface area contributed by atoms with E-state index in [-0.39, 0.29) is 24.1 Å². The predicted molar refractivity (Wildman–Crippen MR) is 91.2 cm³/mol. The standard InChI is InChI=1S/C17H24N4O4/c1-17(2,3)25-15(24)12-5-9-21(10-6-12)16-19-7-4-13(20-16)14(23)18-8-11-22/h4,7,11-12H,5-6,8-10H2,1-3H3,(H,18,23). The van der Waals surface area contributed by atoms with E-state index >= 15 is 0 Å². The average molecular weight is 348 g/mol. The van der Waals surface area contributed by atoms with Crippen molar-refractivity contribution in [2.45, 2.75) is 39.2 Å². The van der Waals surface area contributed by atoms with Gasteiger partial charge in [0.25, 0.3) is 5.91 Å². The topological polar surface area (TPSA) is 101 Å². The summed E-state index contributed by atoms with van der Waals surface area (Å²) in [6, 6.07) is 1.50. The van der Waals surface area contributed by atoms with Gasteiger partial charge in [0.1, 0.15) is 17.6 Å². The highest BCUT2D eigenvalue weighted by Crippen LogP contribution is 2.23. The summed E-state index contributed by atoms with van der Waals surface area (Å²) in [6.45, 7) is 6.74. The lowest BCUT2D eigenvalue weighted by Gasteiger charge is -2.32. The zero-order chi connectivity index (χ0) is 18.4. The molecule has 1 N–H and O–H groups in total. The molecule has 8 heteroatoms. The van der Waals surface area contributed by atoms with Crippen molar-refractivity contribution in [2.75, 3.05) is 24.5 Å². The van der Waals surface area contributed by atoms with Crippen molar-refractivity contribution in [1.82, 2.24) is 15.3 Å². The van der Waals surface area contributed by atoms with Gasteiger partial charge in [-0.3, -0.25) is 9.59 Å². The van der Waals surface area contributed by atoms with E-state index in [9.17, 15) is 14.4 Å². The fourth-order valence-corrected chi connectivity index (χ4v) is 2.55. The first-order chi connectivity index (χ1) is 11.8. The molecule has 0 bridgehead atoms. The molecule has 1 saturated heterocycles. The Balaban J connectivity index is 1.95. The number of hydrogen-bond acceptors (Lipinski definition) is 7. The number of carbonyl (C=O) groups is 3. The van der Waals surface area contributed by atoms with Crippen LogP contribution < -0.4 is 10.2 Å². The van der Waals surface area contributed by atoms with E-state index in [1.807, 2.05) is 25.7 Å². The third-order valence-corrected chi connectivity index (χ3v) is 3.74. The van der Waals surface area contributed by atoms with Crippen molar-refractivity contribution in [3.63, 3.8) is 0 Å². The van der Waals surface area contributed by atoms with E-state index in [0.29, 0.717) is 38.2 Å². The fourth-order valence-electron chi connectivity index (χ4n) is 2.55. The number of amides is 1. The number of hydrogen-bond donors (Lipinski definition) is 1. The maximum absolute atomic E-state index is 12.1. The quantitative estimate of drug-likeness (QED) is 0.625. The Morgan fingerprint density at radius 3 is 2.64 bits per heavy atom. The molecule has 1 amide bonds. The molecule has 0 radical (unpaired) electrons. The van der Waals surface area contributed by atoms with Crippen molar-refractivity contribution in [2.24, 2.45) is 5.92 Å². The van der Waals surface area contributed by atoms with Gasteiger partial charge >= 0.3 is 5.97 Å². The zero-order valence-corrected chi connectivity index (χ0v) is 14.8. The van der Waals surface area contributed by atoms with Crippen molar-refractivity contribution in [3.8, 4) is 0 Å². The number of aromatic nitrogens is 2. The first kappa shape index (κ1) is 18.8. The van der Waals surface area contributed by atoms with Gasteiger partial charge in [-0.1, -0.05) is 0 Å². The Hall–Kier alpha value is -2.51. The Labute approximate surface area is 147 Å². The number of nitrogens with one attached hydrogen (secondary N) is 1. The van der Waals surface area contributed by atoms with Crippen LogP contribution in [-0.4, -0.2) is 53.4 Å². The highest BCUT2D eigenvalue weighted by Gasteiger charge is 2.30. The summed E-state index contributed by atoms with van der Waals surface area (Å²) in [4.78, 5) is 44.7. The summed E-state index contributed by atoms with van der Waals surface area (Å²) < 4.78 is 5.44. The van der Waals surface area contributed by atoms with Gasteiger partial charge in [-0.25, -0.2) is 9.97 Å². The SMILES string of the molecule is CC(C)(C)OC(=O)C1CCN(c2nccc(C(=O)NCC=O)n2)CC1. The summed E-state index contributed by atoms with van der Waals surface area (Å²) in [7, 11) is 0. The van der Waals surface area contributed by atoms with E-state index < -0.39 is 11.5 Å². The van der Waals surface area contributed by atoms with Crippen LogP contribution in [0.15, 0.2) is 12.3 Å². The van der Waals surface area contributed by atoms with Crippen LogP contribution in [0.5, 0.6) is 0 Å². The summed E-state index contributed by atoms with van der Waals surface area (Å²) >= 11 is 0. The number of aldehydes is 1. The number of esters is 1. The summed E-state index contributed by atoms with van der Waals surface area (Å²) in [5.74, 6) is -0.273. The van der Waals surface area contributed by atoms with Crippen LogP contribution in [0.4, 0.5) is 5.95 Å². The summed E-state index contributed by atoms with van der Waals surface area (Å²) in [6.07, 6.45) is 3.43. The minimum Gasteiger partial charge on any atom is -0.460 e. The highest BCUT2D eigenvalue weighted by atomic mass is 16.6. The number of carbonyl (C=O) groups excluding carboxylic acids is 3. The Morgan fingerprint density at radius 2 is 2.04 bits per heavy atom. The van der Waals surface area contributed by atoms with Crippen LogP contribution in [-0.2, 0) is 14.3 Å². The molecule has 0 unspecified atom stereocenters. The molecule has 0 atom stereocenters. The van der Waals surface area contributed by atoms with Crippen LogP contribution in [0.2, 0.25) is 0 Å². The van der Waals surface area contributed by atoms with Gasteiger partial charge in [-0.05, 0) is 39.7 Å². The van der Waals surface area contributed by atoms with E-state index in [2.05, 4.69) is 15.3 Å². The van der Waals surface area contributed by atoms with Crippen LogP contribution in [0.1, 0.15) is 44.1 Å². The lowest BCUT2D eigenvalue weighted by atomic mass is 9.97. The molecule has 0 saturated carbocycles. The number of piperidine rings is 1. The molecular formula is C17H24N4O4. The molecule has 136 valence electrons. The molecule has 0 aliphatic carbocycles. The largest absolute Gasteiger partial charge is 0.460 e. The van der Waals surface area contributed by atoms with Gasteiger partial charge in [-0.2, -0.15) is 0 Å². The normalized spacial score (nSPS) is 15.6. The maximum Gasteiger partial charge on any atom is 0.309 e. The number of ether oxygens (including phenoxy) is 1. The first-order valence-electron chi connectivity index (χ1n) is 8.33. The van der Waals surface area contributed by atoms with Gasteiger partial charge in [0.15, 0.2) is 0 Å². The molecule has 1 aromatic rings. The molecule has 1 aromatic heterocycles. The van der Waals surface area contributed by atoms with E-state index in [4.69, 9.17) is 4.74 Å². The maximum atomic E-state index is 12.1. The summed E-state index contributed by atoms with van der Waals surface area (Å²) in [5.41, 5.74) is -0.276. The van der Waals surface area contributed by atoms with Crippen LogP contribution >= 0.6 is 0 Å². The predicted octanol–water partition coefficient (Wildman–Crippen LogP) is 0.963. The zero-order valence-electron chi connectivity index (χ0n) is 14.8. The minimum absolute atomic E-state index is 0.0561. The fraction of sp³-hybridized carbons (Fsp3) is 0.588. The van der Waals surface area contributed by atoms with Gasteiger partial charge in [0.05, 0.1) is 12.5 Å². The molecule has 8 nitrogen and oxygen atoms in total. The van der Waals surface area contributed by atoms with Crippen molar-refractivity contribution in [3.05, 3.63) is 18.0 Å². The van der Waals surface area contributed by atoms with E-state index in [1.165, 1.54) is 12.3 Å². The van der Waals surface area contributed by atoms with Crippen molar-refractivity contribution < 1.29 is 19.1 Å². The number of rotatable bonds is 5. The number of nitrogens with zero attached hydrogens (tertiary/aromatic N) is 3. The van der Waals surface area contributed by atoms with Crippen LogP contribution in [0.25, 0.3) is 0 Å². The molecule has 1 aliphatic heterocycles. The lowest BCUT2D eigenvalue weighted by molar-refractivity contribution is -0.160. The summed E-state index contributed by atoms with van der Waals surface area (Å²) in [5, 5.41) is 2.45. The Bertz CT molecular complexity index is 634. The second-order valence-corrected chi connectivity index (χ2v) is 6.91. The third kappa shape index (κ3) is 5.51. The molecule has 1 fully saturated rings. The smallest absolute Gasteiger partial charge is 0.309 e. The minimum atomic E-state index is -0.486. The van der Waals surface area contributed by atoms with E-state index in [0.717, 1.165) is 0 Å². The Morgan fingerprint density at radius 1 is 1.36 bits per heavy atom. The van der Waals surface area contributed by atoms with Gasteiger partial charge < -0.3 is 19.7 Å². The van der Waals surface area contributed by atoms with E-state index in [1.54, 1.807) is 0 Å². The van der Waals surface area contributed by atoms with Gasteiger partial charge in [0.2, 0.25) is 5.95 Å². The second-order valence-electron chi connectivity index (χ2n) is 6.91. The molecule has 25 heavy (non-hydrogen) atoms. The van der Waals surface area contributed by atoms with Crippen molar-refractivity contribution in [1.29, 1.82) is 0 Å². The molecule has 0 spiro atoms. The third-order valence-electron chi connectivity index (χ3n) is 3.74. The molecule has 2 heterocycles. The van der Waals surface area contributed by atoms with Crippen LogP contribution in [0.3, 0.4) is 0 Å². The average Bonchev–Trinajstić information content (AvgIpc) is 2.58. The van der Waals surface area contributed by atoms with Gasteiger partial charge in [0, 0.05) is 19.3 Å². The highest BCUT2D eigenvalue weighted by molar-refractivity contribution is 5.93. The molecule has 0 aromatic carbocycles. The van der Waals surface area contributed by atoms with Gasteiger partial charge in [-0.15, -0.1) is 0 Å². The lowest BCUT2D eigenvalue weighted by Crippen LogP contribution is -2.39. The van der Waals surface area contributed by atoms with Crippen LogP contribution in [0, 0.1) is 5.92 Å². The number of anilines is 1. The first-order valence-corrected chi connectivity index (χ1v) is 8.33. The molecule has 1 aliphatic rings. The monoisotopic (exact) mass is 348 g/mol.